The highest BCUT2D eigenvalue weighted by atomic mass is 35.5. The van der Waals surface area contributed by atoms with E-state index in [1.165, 1.54) is 30.6 Å². The molecule has 3 heterocycles. The Morgan fingerprint density at radius 2 is 1.97 bits per heavy atom. The lowest BCUT2D eigenvalue weighted by atomic mass is 9.86. The molecule has 0 radical (unpaired) electrons. The number of nitrogens with zero attached hydrogens (tertiary/aromatic N) is 3. The molecule has 0 saturated carbocycles. The van der Waals surface area contributed by atoms with Gasteiger partial charge in [0.15, 0.2) is 0 Å². The van der Waals surface area contributed by atoms with Crippen molar-refractivity contribution in [2.75, 3.05) is 33.2 Å². The molecule has 1 spiro atoms. The van der Waals surface area contributed by atoms with Crippen LogP contribution in [0.15, 0.2) is 35.5 Å². The Labute approximate surface area is 191 Å². The van der Waals surface area contributed by atoms with E-state index >= 15 is 0 Å². The Hall–Kier alpha value is -1.81. The van der Waals surface area contributed by atoms with E-state index in [9.17, 15) is 18.0 Å². The van der Waals surface area contributed by atoms with Crippen molar-refractivity contribution >= 4 is 45.0 Å². The van der Waals surface area contributed by atoms with Crippen molar-refractivity contribution in [3.05, 3.63) is 40.6 Å². The van der Waals surface area contributed by atoms with Crippen LogP contribution in [0.25, 0.3) is 0 Å². The summed E-state index contributed by atoms with van der Waals surface area (Å²) in [6.45, 7) is 3.19. The smallest absolute Gasteiger partial charge is 0.266 e. The molecule has 2 atom stereocenters. The molecule has 31 heavy (non-hydrogen) atoms. The number of rotatable bonds is 4. The summed E-state index contributed by atoms with van der Waals surface area (Å²) in [4.78, 5) is 29.4. The van der Waals surface area contributed by atoms with Gasteiger partial charge in [-0.25, -0.2) is 8.42 Å². The van der Waals surface area contributed by atoms with Gasteiger partial charge in [-0.3, -0.25) is 13.9 Å². The molecule has 3 aliphatic rings. The predicted molar refractivity (Wildman–Crippen MR) is 117 cm³/mol. The van der Waals surface area contributed by atoms with Crippen LogP contribution in [0.3, 0.4) is 0 Å². The zero-order valence-corrected chi connectivity index (χ0v) is 19.4. The van der Waals surface area contributed by atoms with Gasteiger partial charge in [0, 0.05) is 37.4 Å². The fourth-order valence-electron chi connectivity index (χ4n) is 4.67. The van der Waals surface area contributed by atoms with Crippen molar-refractivity contribution in [2.45, 2.75) is 30.2 Å². The molecule has 0 aromatic heterocycles. The van der Waals surface area contributed by atoms with Crippen LogP contribution in [-0.4, -0.2) is 73.6 Å². The molecular weight excluding hydrogens is 463 g/mol. The molecule has 2 saturated heterocycles. The molecular formula is C20H24Cl2N4O4S. The number of halogens is 2. The molecule has 1 aromatic rings. The molecule has 1 unspecified atom stereocenters. The number of hydrogen-bond donors (Lipinski definition) is 1. The van der Waals surface area contributed by atoms with Gasteiger partial charge in [0.2, 0.25) is 11.8 Å². The fourth-order valence-corrected chi connectivity index (χ4v) is 6.86. The lowest BCUT2D eigenvalue weighted by molar-refractivity contribution is -0.135. The summed E-state index contributed by atoms with van der Waals surface area (Å²) in [5, 5.41) is 2.46. The van der Waals surface area contributed by atoms with Crippen molar-refractivity contribution in [1.29, 1.82) is 0 Å². The third kappa shape index (κ3) is 4.16. The third-order valence-corrected chi connectivity index (χ3v) is 9.07. The quantitative estimate of drug-likeness (QED) is 0.701. The third-order valence-electron chi connectivity index (χ3n) is 6.32. The summed E-state index contributed by atoms with van der Waals surface area (Å²) in [6, 6.07) is 3.06. The van der Waals surface area contributed by atoms with Crippen molar-refractivity contribution in [1.82, 2.24) is 19.4 Å². The number of carbonyl (C=O) groups excluding carboxylic acids is 2. The number of likely N-dealkylation sites (tertiary alicyclic amines) is 2. The first kappa shape index (κ1) is 22.4. The normalized spacial score (nSPS) is 26.7. The lowest BCUT2D eigenvalue weighted by Gasteiger charge is -2.32. The second kappa shape index (κ2) is 8.27. The van der Waals surface area contributed by atoms with E-state index in [0.29, 0.717) is 13.1 Å². The molecule has 0 aliphatic carbocycles. The second-order valence-corrected chi connectivity index (χ2v) is 11.1. The van der Waals surface area contributed by atoms with Gasteiger partial charge < -0.3 is 15.1 Å². The standard InChI is InChI=1S/C20H24Cl2N4O4S/c1-24-8-5-20(12-24)6-9-25(13-20)17(27)11-15-19(28)23-7-10-26(15)31(29,30)16-4-2-3-14(21)18(16)22/h2-4,7,10,15H,5-6,8-9,11-13H2,1H3,(H,23,28)/t15-,20?/m1/s1. The van der Waals surface area contributed by atoms with Crippen molar-refractivity contribution in [3.63, 3.8) is 0 Å². The fraction of sp³-hybridized carbons (Fsp3) is 0.500. The number of benzene rings is 1. The van der Waals surface area contributed by atoms with Crippen molar-refractivity contribution in [2.24, 2.45) is 5.41 Å². The number of nitrogens with one attached hydrogen (secondary N) is 1. The molecule has 2 fully saturated rings. The maximum Gasteiger partial charge on any atom is 0.266 e. The van der Waals surface area contributed by atoms with Crippen LogP contribution in [0, 0.1) is 5.41 Å². The summed E-state index contributed by atoms with van der Waals surface area (Å²) < 4.78 is 27.5. The highest BCUT2D eigenvalue weighted by Gasteiger charge is 2.45. The van der Waals surface area contributed by atoms with Crippen LogP contribution >= 0.6 is 23.2 Å². The van der Waals surface area contributed by atoms with Crippen LogP contribution < -0.4 is 5.32 Å². The Bertz CT molecular complexity index is 1050. The van der Waals surface area contributed by atoms with E-state index in [4.69, 9.17) is 23.2 Å². The van der Waals surface area contributed by atoms with Gasteiger partial charge in [-0.15, -0.1) is 0 Å². The van der Waals surface area contributed by atoms with Crippen LogP contribution in [0.4, 0.5) is 0 Å². The first-order valence-electron chi connectivity index (χ1n) is 10.0. The minimum atomic E-state index is -4.20. The van der Waals surface area contributed by atoms with Gasteiger partial charge in [-0.1, -0.05) is 29.3 Å². The maximum absolute atomic E-state index is 13.3. The summed E-state index contributed by atoms with van der Waals surface area (Å²) in [5.74, 6) is -0.800. The number of hydrogen-bond acceptors (Lipinski definition) is 5. The van der Waals surface area contributed by atoms with Gasteiger partial charge in [0.05, 0.1) is 16.5 Å². The van der Waals surface area contributed by atoms with Crippen LogP contribution in [0.5, 0.6) is 0 Å². The van der Waals surface area contributed by atoms with Crippen LogP contribution in [-0.2, 0) is 19.6 Å². The number of carbonyl (C=O) groups is 2. The van der Waals surface area contributed by atoms with E-state index in [1.54, 1.807) is 4.90 Å². The highest BCUT2D eigenvalue weighted by Crippen LogP contribution is 2.39. The van der Waals surface area contributed by atoms with Crippen molar-refractivity contribution in [3.8, 4) is 0 Å². The minimum absolute atomic E-state index is 0.0877. The summed E-state index contributed by atoms with van der Waals surface area (Å²) in [7, 11) is -2.13. The Morgan fingerprint density at radius 1 is 1.23 bits per heavy atom. The molecule has 11 heteroatoms. The maximum atomic E-state index is 13.3. The van der Waals surface area contributed by atoms with Gasteiger partial charge >= 0.3 is 0 Å². The Balaban J connectivity index is 1.55. The molecule has 1 N–H and O–H groups in total. The summed E-state index contributed by atoms with van der Waals surface area (Å²) >= 11 is 12.1. The summed E-state index contributed by atoms with van der Waals surface area (Å²) in [5.41, 5.74) is 0.0964. The number of amides is 2. The van der Waals surface area contributed by atoms with Crippen molar-refractivity contribution < 1.29 is 18.0 Å². The first-order chi connectivity index (χ1) is 14.6. The zero-order chi connectivity index (χ0) is 22.4. The van der Waals surface area contributed by atoms with E-state index in [1.807, 2.05) is 0 Å². The molecule has 4 rings (SSSR count). The van der Waals surface area contributed by atoms with E-state index in [0.717, 1.165) is 30.2 Å². The molecule has 1 aromatic carbocycles. The minimum Gasteiger partial charge on any atom is -0.342 e. The average molecular weight is 487 g/mol. The molecule has 8 nitrogen and oxygen atoms in total. The Kier molecular flexibility index (Phi) is 5.97. The molecule has 168 valence electrons. The monoisotopic (exact) mass is 486 g/mol. The van der Waals surface area contributed by atoms with E-state index in [-0.39, 0.29) is 32.7 Å². The topological polar surface area (TPSA) is 90.0 Å². The lowest BCUT2D eigenvalue weighted by Crippen LogP contribution is -2.51. The second-order valence-electron chi connectivity index (χ2n) is 8.48. The van der Waals surface area contributed by atoms with Gasteiger partial charge in [0.25, 0.3) is 10.0 Å². The van der Waals surface area contributed by atoms with E-state index < -0.39 is 22.0 Å². The van der Waals surface area contributed by atoms with Crippen LogP contribution in [0.2, 0.25) is 10.0 Å². The van der Waals surface area contributed by atoms with Gasteiger partial charge in [0.1, 0.15) is 10.9 Å². The zero-order valence-electron chi connectivity index (χ0n) is 17.1. The van der Waals surface area contributed by atoms with Gasteiger partial charge in [-0.2, -0.15) is 0 Å². The first-order valence-corrected chi connectivity index (χ1v) is 12.2. The van der Waals surface area contributed by atoms with Gasteiger partial charge in [-0.05, 0) is 38.6 Å². The highest BCUT2D eigenvalue weighted by molar-refractivity contribution is 7.89. The number of sulfonamides is 1. The van der Waals surface area contributed by atoms with E-state index in [2.05, 4.69) is 17.3 Å². The average Bonchev–Trinajstić information content (AvgIpc) is 3.30. The SMILES string of the molecule is CN1CCC2(CCN(C(=O)C[C@@H]3C(=O)NC=CN3S(=O)(=O)c3cccc(Cl)c3Cl)C2)C1. The van der Waals surface area contributed by atoms with Crippen LogP contribution in [0.1, 0.15) is 19.3 Å². The predicted octanol–water partition coefficient (Wildman–Crippen LogP) is 1.90. The Morgan fingerprint density at radius 3 is 2.68 bits per heavy atom. The molecule has 0 bridgehead atoms. The molecule has 3 aliphatic heterocycles. The molecule has 2 amide bonds. The largest absolute Gasteiger partial charge is 0.342 e. The summed E-state index contributed by atoms with van der Waals surface area (Å²) in [6.07, 6.45) is 4.18.